The minimum Gasteiger partial charge on any atom is -0.353 e. The molecule has 0 spiro atoms. The lowest BCUT2D eigenvalue weighted by Crippen LogP contribution is -2.41. The van der Waals surface area contributed by atoms with Gasteiger partial charge in [-0.15, -0.1) is 0 Å². The second kappa shape index (κ2) is 8.70. The zero-order chi connectivity index (χ0) is 14.1. The third kappa shape index (κ3) is 6.97. The number of carbonyl (C=O) groups excluding carboxylic acids is 1. The molecule has 0 aromatic heterocycles. The lowest BCUT2D eigenvalue weighted by molar-refractivity contribution is -0.121. The Kier molecular flexibility index (Phi) is 7.19. The molecule has 0 radical (unpaired) electrons. The Balaban J connectivity index is 2.20. The summed E-state index contributed by atoms with van der Waals surface area (Å²) in [5.41, 5.74) is 1.32. The third-order valence-corrected chi connectivity index (χ3v) is 3.34. The van der Waals surface area contributed by atoms with E-state index in [4.69, 9.17) is 0 Å². The van der Waals surface area contributed by atoms with Gasteiger partial charge in [-0.2, -0.15) is 0 Å². The maximum atomic E-state index is 11.7. The number of benzene rings is 1. The van der Waals surface area contributed by atoms with Crippen molar-refractivity contribution in [1.82, 2.24) is 10.6 Å². The summed E-state index contributed by atoms with van der Waals surface area (Å²) in [6.07, 6.45) is 3.01. The molecule has 0 aliphatic carbocycles. The Morgan fingerprint density at radius 1 is 1.16 bits per heavy atom. The molecule has 3 heteroatoms. The van der Waals surface area contributed by atoms with E-state index in [9.17, 15) is 4.79 Å². The molecular weight excluding hydrogens is 236 g/mol. The van der Waals surface area contributed by atoms with E-state index >= 15 is 0 Å². The molecule has 0 saturated heterocycles. The van der Waals surface area contributed by atoms with Gasteiger partial charge in [0.05, 0.1) is 6.54 Å². The summed E-state index contributed by atoms with van der Waals surface area (Å²) in [5.74, 6) is 0.0841. The minimum absolute atomic E-state index is 0.0841. The van der Waals surface area contributed by atoms with Crippen molar-refractivity contribution in [3.63, 3.8) is 0 Å². The molecule has 1 aromatic carbocycles. The van der Waals surface area contributed by atoms with E-state index in [1.165, 1.54) is 5.56 Å². The lowest BCUT2D eigenvalue weighted by Gasteiger charge is -2.16. The van der Waals surface area contributed by atoms with Gasteiger partial charge in [0.25, 0.3) is 0 Å². The maximum Gasteiger partial charge on any atom is 0.234 e. The molecule has 1 rings (SSSR count). The second-order valence-corrected chi connectivity index (χ2v) is 5.18. The second-order valence-electron chi connectivity index (χ2n) is 5.18. The third-order valence-electron chi connectivity index (χ3n) is 3.34. The van der Waals surface area contributed by atoms with Crippen molar-refractivity contribution in [2.75, 3.05) is 6.54 Å². The van der Waals surface area contributed by atoms with Crippen molar-refractivity contribution in [2.24, 2.45) is 0 Å². The summed E-state index contributed by atoms with van der Waals surface area (Å²) in [6, 6.07) is 11.0. The van der Waals surface area contributed by atoms with Crippen LogP contribution in [-0.2, 0) is 11.2 Å². The van der Waals surface area contributed by atoms with Gasteiger partial charge in [-0.05, 0) is 38.7 Å². The van der Waals surface area contributed by atoms with Crippen LogP contribution in [0.15, 0.2) is 30.3 Å². The number of hydrogen-bond donors (Lipinski definition) is 2. The molecule has 1 aromatic rings. The van der Waals surface area contributed by atoms with Crippen molar-refractivity contribution < 1.29 is 4.79 Å². The van der Waals surface area contributed by atoms with Crippen LogP contribution in [0.25, 0.3) is 0 Å². The molecule has 1 amide bonds. The predicted molar refractivity (Wildman–Crippen MR) is 80.1 cm³/mol. The van der Waals surface area contributed by atoms with Crippen molar-refractivity contribution >= 4 is 5.91 Å². The fourth-order valence-corrected chi connectivity index (χ4v) is 1.84. The standard InChI is InChI=1S/C16H26N2O/c1-4-13(2)17-12-16(19)18-14(3)10-11-15-8-6-5-7-9-15/h5-9,13-14,17H,4,10-12H2,1-3H3,(H,18,19). The van der Waals surface area contributed by atoms with Crippen LogP contribution in [0.5, 0.6) is 0 Å². The first-order chi connectivity index (χ1) is 9.11. The smallest absolute Gasteiger partial charge is 0.234 e. The number of carbonyl (C=O) groups is 1. The van der Waals surface area contributed by atoms with Gasteiger partial charge in [0.1, 0.15) is 0 Å². The fraction of sp³-hybridized carbons (Fsp3) is 0.562. The molecule has 2 N–H and O–H groups in total. The van der Waals surface area contributed by atoms with Crippen LogP contribution in [0.4, 0.5) is 0 Å². The quantitative estimate of drug-likeness (QED) is 0.756. The van der Waals surface area contributed by atoms with Crippen LogP contribution in [0.3, 0.4) is 0 Å². The zero-order valence-electron chi connectivity index (χ0n) is 12.3. The Morgan fingerprint density at radius 2 is 1.84 bits per heavy atom. The van der Waals surface area contributed by atoms with E-state index in [1.807, 2.05) is 6.07 Å². The average molecular weight is 262 g/mol. The number of aryl methyl sites for hydroxylation is 1. The van der Waals surface area contributed by atoms with Crippen LogP contribution < -0.4 is 10.6 Å². The van der Waals surface area contributed by atoms with E-state index in [2.05, 4.69) is 55.7 Å². The number of nitrogens with one attached hydrogen (secondary N) is 2. The summed E-state index contributed by atoms with van der Waals surface area (Å²) < 4.78 is 0. The molecule has 0 aliphatic heterocycles. The summed E-state index contributed by atoms with van der Waals surface area (Å²) in [5, 5.41) is 6.23. The molecule has 0 heterocycles. The summed E-state index contributed by atoms with van der Waals surface area (Å²) in [6.45, 7) is 6.67. The van der Waals surface area contributed by atoms with Crippen LogP contribution >= 0.6 is 0 Å². The molecule has 19 heavy (non-hydrogen) atoms. The molecule has 106 valence electrons. The van der Waals surface area contributed by atoms with Crippen molar-refractivity contribution in [1.29, 1.82) is 0 Å². The normalized spacial score (nSPS) is 13.8. The minimum atomic E-state index is 0.0841. The highest BCUT2D eigenvalue weighted by molar-refractivity contribution is 5.78. The number of hydrogen-bond acceptors (Lipinski definition) is 2. The van der Waals surface area contributed by atoms with Crippen LogP contribution in [0.1, 0.15) is 39.2 Å². The fourth-order valence-electron chi connectivity index (χ4n) is 1.84. The van der Waals surface area contributed by atoms with Gasteiger partial charge in [-0.3, -0.25) is 4.79 Å². The van der Waals surface area contributed by atoms with Crippen LogP contribution in [0.2, 0.25) is 0 Å². The molecule has 3 nitrogen and oxygen atoms in total. The van der Waals surface area contributed by atoms with Gasteiger partial charge in [0, 0.05) is 12.1 Å². The van der Waals surface area contributed by atoms with Crippen molar-refractivity contribution in [3.05, 3.63) is 35.9 Å². The van der Waals surface area contributed by atoms with Gasteiger partial charge < -0.3 is 10.6 Å². The predicted octanol–water partition coefficient (Wildman–Crippen LogP) is 2.51. The molecule has 0 saturated carbocycles. The highest BCUT2D eigenvalue weighted by Gasteiger charge is 2.08. The summed E-state index contributed by atoms with van der Waals surface area (Å²) in [4.78, 5) is 11.7. The SMILES string of the molecule is CCC(C)NCC(=O)NC(C)CCc1ccccc1. The largest absolute Gasteiger partial charge is 0.353 e. The molecule has 0 bridgehead atoms. The monoisotopic (exact) mass is 262 g/mol. The van der Waals surface area contributed by atoms with Gasteiger partial charge in [0.2, 0.25) is 5.91 Å². The maximum absolute atomic E-state index is 11.7. The summed E-state index contributed by atoms with van der Waals surface area (Å²) >= 11 is 0. The van der Waals surface area contributed by atoms with E-state index in [-0.39, 0.29) is 11.9 Å². The lowest BCUT2D eigenvalue weighted by atomic mass is 10.1. The van der Waals surface area contributed by atoms with E-state index in [1.54, 1.807) is 0 Å². The highest BCUT2D eigenvalue weighted by Crippen LogP contribution is 2.04. The van der Waals surface area contributed by atoms with Crippen molar-refractivity contribution in [2.45, 2.75) is 52.1 Å². The molecule has 2 atom stereocenters. The van der Waals surface area contributed by atoms with Gasteiger partial charge in [-0.1, -0.05) is 37.3 Å². The summed E-state index contributed by atoms with van der Waals surface area (Å²) in [7, 11) is 0. The first-order valence-electron chi connectivity index (χ1n) is 7.18. The van der Waals surface area contributed by atoms with Gasteiger partial charge >= 0.3 is 0 Å². The topological polar surface area (TPSA) is 41.1 Å². The first-order valence-corrected chi connectivity index (χ1v) is 7.18. The first kappa shape index (κ1) is 15.7. The van der Waals surface area contributed by atoms with Crippen LogP contribution in [0, 0.1) is 0 Å². The number of rotatable bonds is 8. The number of amides is 1. The van der Waals surface area contributed by atoms with Crippen LogP contribution in [-0.4, -0.2) is 24.5 Å². The zero-order valence-corrected chi connectivity index (χ0v) is 12.3. The highest BCUT2D eigenvalue weighted by atomic mass is 16.1. The van der Waals surface area contributed by atoms with E-state index < -0.39 is 0 Å². The Labute approximate surface area is 116 Å². The van der Waals surface area contributed by atoms with E-state index in [0.29, 0.717) is 12.6 Å². The molecule has 0 fully saturated rings. The van der Waals surface area contributed by atoms with E-state index in [0.717, 1.165) is 19.3 Å². The van der Waals surface area contributed by atoms with Crippen molar-refractivity contribution in [3.8, 4) is 0 Å². The average Bonchev–Trinajstić information content (AvgIpc) is 2.43. The van der Waals surface area contributed by atoms with Gasteiger partial charge in [-0.25, -0.2) is 0 Å². The molecule has 2 unspecified atom stereocenters. The molecule has 0 aliphatic rings. The Morgan fingerprint density at radius 3 is 2.47 bits per heavy atom. The Bertz CT molecular complexity index is 364. The van der Waals surface area contributed by atoms with Gasteiger partial charge in [0.15, 0.2) is 0 Å². The molecular formula is C16H26N2O. The Hall–Kier alpha value is -1.35.